The summed E-state index contributed by atoms with van der Waals surface area (Å²) in [4.78, 5) is 15.6. The molecule has 0 unspecified atom stereocenters. The highest BCUT2D eigenvalue weighted by atomic mass is 16.5. The fourth-order valence-electron chi connectivity index (χ4n) is 3.71. The highest BCUT2D eigenvalue weighted by molar-refractivity contribution is 5.91. The molecule has 9 heteroatoms. The van der Waals surface area contributed by atoms with Crippen molar-refractivity contribution in [2.75, 3.05) is 33.3 Å². The fourth-order valence-corrected chi connectivity index (χ4v) is 3.71. The zero-order valence-electron chi connectivity index (χ0n) is 16.6. The minimum absolute atomic E-state index is 0.0500. The molecule has 0 aliphatic carbocycles. The fraction of sp³-hybridized carbons (Fsp3) is 0.400. The minimum atomic E-state index is -0.0500. The third-order valence-electron chi connectivity index (χ3n) is 5.48. The van der Waals surface area contributed by atoms with Gasteiger partial charge in [-0.1, -0.05) is 12.1 Å². The Labute approximate surface area is 168 Å². The lowest BCUT2D eigenvalue weighted by Gasteiger charge is -2.34. The SMILES string of the molecule is COc1ccc(Cn2nnnc2[C@H](C)[NH+]2CCN(C(=O)c3ccco3)CC2)cc1. The number of tetrazole rings is 1. The second kappa shape index (κ2) is 8.44. The van der Waals surface area contributed by atoms with E-state index in [1.54, 1.807) is 19.2 Å². The number of carbonyl (C=O) groups excluding carboxylic acids is 1. The van der Waals surface area contributed by atoms with Gasteiger partial charge in [0.15, 0.2) is 5.76 Å². The molecule has 0 radical (unpaired) electrons. The van der Waals surface area contributed by atoms with Crippen molar-refractivity contribution in [3.63, 3.8) is 0 Å². The number of quaternary nitrogens is 1. The molecular formula is C20H25N6O3+. The van der Waals surface area contributed by atoms with E-state index in [9.17, 15) is 4.79 Å². The summed E-state index contributed by atoms with van der Waals surface area (Å²) in [6.07, 6.45) is 1.53. The molecule has 3 heterocycles. The number of aromatic nitrogens is 4. The molecule has 2 aromatic heterocycles. The Kier molecular flexibility index (Phi) is 5.57. The number of ether oxygens (including phenoxy) is 1. The van der Waals surface area contributed by atoms with Crippen molar-refractivity contribution in [1.29, 1.82) is 0 Å². The number of hydrogen-bond donors (Lipinski definition) is 1. The van der Waals surface area contributed by atoms with Gasteiger partial charge in [0.25, 0.3) is 5.91 Å². The Morgan fingerprint density at radius 1 is 1.24 bits per heavy atom. The Morgan fingerprint density at radius 3 is 2.66 bits per heavy atom. The largest absolute Gasteiger partial charge is 0.497 e. The Balaban J connectivity index is 1.38. The van der Waals surface area contributed by atoms with E-state index < -0.39 is 0 Å². The molecule has 3 aromatic rings. The normalized spacial score (nSPS) is 16.0. The lowest BCUT2D eigenvalue weighted by Crippen LogP contribution is -3.14. The van der Waals surface area contributed by atoms with Crippen LogP contribution in [0.25, 0.3) is 0 Å². The number of carbonyl (C=O) groups is 1. The predicted octanol–water partition coefficient (Wildman–Crippen LogP) is 0.425. The Bertz CT molecular complexity index is 930. The van der Waals surface area contributed by atoms with E-state index in [0.29, 0.717) is 25.4 Å². The number of rotatable bonds is 6. The summed E-state index contributed by atoms with van der Waals surface area (Å²) >= 11 is 0. The quantitative estimate of drug-likeness (QED) is 0.649. The summed E-state index contributed by atoms with van der Waals surface area (Å²) in [5.74, 6) is 2.02. The van der Waals surface area contributed by atoms with Crippen LogP contribution in [-0.4, -0.2) is 64.3 Å². The van der Waals surface area contributed by atoms with E-state index in [2.05, 4.69) is 22.4 Å². The number of benzene rings is 1. The van der Waals surface area contributed by atoms with Gasteiger partial charge in [0, 0.05) is 0 Å². The summed E-state index contributed by atoms with van der Waals surface area (Å²) in [6.45, 7) is 5.77. The minimum Gasteiger partial charge on any atom is -0.497 e. The first-order valence-electron chi connectivity index (χ1n) is 9.72. The van der Waals surface area contributed by atoms with Crippen LogP contribution < -0.4 is 9.64 Å². The van der Waals surface area contributed by atoms with Crippen molar-refractivity contribution in [3.05, 3.63) is 59.8 Å². The van der Waals surface area contributed by atoms with Gasteiger partial charge in [0.05, 0.1) is 46.1 Å². The molecule has 0 spiro atoms. The summed E-state index contributed by atoms with van der Waals surface area (Å²) in [7, 11) is 1.65. The molecule has 1 N–H and O–H groups in total. The zero-order valence-corrected chi connectivity index (χ0v) is 16.6. The van der Waals surface area contributed by atoms with Crippen LogP contribution >= 0.6 is 0 Å². The van der Waals surface area contributed by atoms with Crippen molar-refractivity contribution in [3.8, 4) is 5.75 Å². The smallest absolute Gasteiger partial charge is 0.289 e. The molecule has 0 bridgehead atoms. The first-order chi connectivity index (χ1) is 14.2. The first kappa shape index (κ1) is 19.1. The van der Waals surface area contributed by atoms with Crippen molar-refractivity contribution >= 4 is 5.91 Å². The second-order valence-corrected chi connectivity index (χ2v) is 7.19. The van der Waals surface area contributed by atoms with Gasteiger partial charge >= 0.3 is 0 Å². The molecule has 4 rings (SSSR count). The van der Waals surface area contributed by atoms with Gasteiger partial charge in [-0.3, -0.25) is 4.79 Å². The molecule has 1 aliphatic rings. The molecule has 1 amide bonds. The number of hydrogen-bond acceptors (Lipinski definition) is 6. The highest BCUT2D eigenvalue weighted by Crippen LogP contribution is 2.14. The van der Waals surface area contributed by atoms with E-state index in [4.69, 9.17) is 9.15 Å². The predicted molar refractivity (Wildman–Crippen MR) is 104 cm³/mol. The average molecular weight is 397 g/mol. The van der Waals surface area contributed by atoms with Crippen LogP contribution in [-0.2, 0) is 6.54 Å². The molecule has 1 fully saturated rings. The monoisotopic (exact) mass is 397 g/mol. The van der Waals surface area contributed by atoms with Crippen LogP contribution in [0.1, 0.15) is 34.9 Å². The third-order valence-corrected chi connectivity index (χ3v) is 5.48. The van der Waals surface area contributed by atoms with Crippen LogP contribution in [0.15, 0.2) is 47.1 Å². The number of nitrogens with zero attached hydrogens (tertiary/aromatic N) is 5. The maximum absolute atomic E-state index is 12.4. The van der Waals surface area contributed by atoms with E-state index in [-0.39, 0.29) is 11.9 Å². The highest BCUT2D eigenvalue weighted by Gasteiger charge is 2.31. The van der Waals surface area contributed by atoms with Crippen LogP contribution in [0.4, 0.5) is 0 Å². The topological polar surface area (TPSA) is 90.7 Å². The molecule has 9 nitrogen and oxygen atoms in total. The van der Waals surface area contributed by atoms with E-state index in [1.807, 2.05) is 33.8 Å². The molecule has 1 aliphatic heterocycles. The van der Waals surface area contributed by atoms with Crippen LogP contribution in [0.3, 0.4) is 0 Å². The first-order valence-corrected chi connectivity index (χ1v) is 9.72. The summed E-state index contributed by atoms with van der Waals surface area (Å²) < 4.78 is 12.3. The number of piperazine rings is 1. The Morgan fingerprint density at radius 2 is 2.00 bits per heavy atom. The van der Waals surface area contributed by atoms with Crippen molar-refractivity contribution in [1.82, 2.24) is 25.1 Å². The Hall–Kier alpha value is -3.20. The van der Waals surface area contributed by atoms with Crippen molar-refractivity contribution in [2.45, 2.75) is 19.5 Å². The van der Waals surface area contributed by atoms with Crippen molar-refractivity contribution < 1.29 is 18.8 Å². The molecule has 29 heavy (non-hydrogen) atoms. The van der Waals surface area contributed by atoms with Crippen LogP contribution in [0.2, 0.25) is 0 Å². The molecule has 1 aromatic carbocycles. The van der Waals surface area contributed by atoms with Crippen LogP contribution in [0.5, 0.6) is 5.75 Å². The molecule has 1 saturated heterocycles. The summed E-state index contributed by atoms with van der Waals surface area (Å²) in [6, 6.07) is 11.5. The third kappa shape index (κ3) is 4.14. The lowest BCUT2D eigenvalue weighted by atomic mass is 10.2. The molecule has 1 atom stereocenters. The van der Waals surface area contributed by atoms with Gasteiger partial charge in [-0.15, -0.1) is 5.10 Å². The van der Waals surface area contributed by atoms with Crippen LogP contribution in [0, 0.1) is 0 Å². The summed E-state index contributed by atoms with van der Waals surface area (Å²) in [5, 5.41) is 12.4. The zero-order chi connectivity index (χ0) is 20.2. The van der Waals surface area contributed by atoms with Gasteiger partial charge in [0.1, 0.15) is 11.8 Å². The van der Waals surface area contributed by atoms with Gasteiger partial charge in [-0.25, -0.2) is 4.68 Å². The maximum atomic E-state index is 12.4. The number of nitrogens with one attached hydrogen (secondary N) is 1. The molecule has 152 valence electrons. The number of amides is 1. The van der Waals surface area contributed by atoms with Gasteiger partial charge in [-0.2, -0.15) is 0 Å². The second-order valence-electron chi connectivity index (χ2n) is 7.19. The summed E-state index contributed by atoms with van der Waals surface area (Å²) in [5.41, 5.74) is 1.11. The molecular weight excluding hydrogens is 372 g/mol. The van der Waals surface area contributed by atoms with E-state index in [1.165, 1.54) is 11.2 Å². The van der Waals surface area contributed by atoms with E-state index >= 15 is 0 Å². The van der Waals surface area contributed by atoms with E-state index in [0.717, 1.165) is 30.2 Å². The number of methoxy groups -OCH3 is 1. The average Bonchev–Trinajstić information content (AvgIpc) is 3.46. The number of furan rings is 1. The van der Waals surface area contributed by atoms with Gasteiger partial charge in [0.2, 0.25) is 5.82 Å². The molecule has 0 saturated carbocycles. The van der Waals surface area contributed by atoms with Gasteiger partial charge < -0.3 is 19.0 Å². The lowest BCUT2D eigenvalue weighted by molar-refractivity contribution is -0.934. The standard InChI is InChI=1S/C20H24N6O3/c1-15(24-9-11-25(12-10-24)20(27)18-4-3-13-29-18)19-21-22-23-26(19)14-16-5-7-17(28-2)8-6-16/h3-8,13,15H,9-12,14H2,1-2H3/p+1/t15-/m0/s1. The van der Waals surface area contributed by atoms with Crippen molar-refractivity contribution in [2.24, 2.45) is 0 Å². The maximum Gasteiger partial charge on any atom is 0.289 e. The van der Waals surface area contributed by atoms with Gasteiger partial charge in [-0.05, 0) is 47.2 Å².